The van der Waals surface area contributed by atoms with Crippen molar-refractivity contribution >= 4 is 16.0 Å². The fraction of sp³-hybridized carbons (Fsp3) is 0.812. The van der Waals surface area contributed by atoms with Crippen molar-refractivity contribution in [1.29, 1.82) is 0 Å². The van der Waals surface area contributed by atoms with Crippen molar-refractivity contribution in [3.8, 4) is 0 Å². The minimum Gasteiger partial charge on any atom is -0.377 e. The second kappa shape index (κ2) is 11.4. The minimum absolute atomic E-state index is 0.00485. The van der Waals surface area contributed by atoms with Crippen LogP contribution in [0.15, 0.2) is 17.6 Å². The molecule has 1 aliphatic rings. The van der Waals surface area contributed by atoms with Crippen LogP contribution in [0, 0.1) is 0 Å². The van der Waals surface area contributed by atoms with E-state index in [1.807, 2.05) is 18.0 Å². The summed E-state index contributed by atoms with van der Waals surface area (Å²) < 4.78 is 32.3. The first kappa shape index (κ1) is 20.9. The molecule has 1 atom stereocenters. The molecule has 24 heavy (non-hydrogen) atoms. The van der Waals surface area contributed by atoms with Gasteiger partial charge in [0.2, 0.25) is 10.0 Å². The van der Waals surface area contributed by atoms with E-state index in [2.05, 4.69) is 21.6 Å². The summed E-state index contributed by atoms with van der Waals surface area (Å²) in [6.07, 6.45) is 6.91. The summed E-state index contributed by atoms with van der Waals surface area (Å²) in [7, 11) is 0.319. The summed E-state index contributed by atoms with van der Waals surface area (Å²) in [5.74, 6) is 0.712. The maximum absolute atomic E-state index is 12.1. The number of rotatable bonds is 10. The Hall–Kier alpha value is -1.12. The molecule has 2 N–H and O–H groups in total. The van der Waals surface area contributed by atoms with Crippen LogP contribution in [0.3, 0.4) is 0 Å². The van der Waals surface area contributed by atoms with Crippen molar-refractivity contribution in [1.82, 2.24) is 14.9 Å². The van der Waals surface area contributed by atoms with E-state index in [9.17, 15) is 8.42 Å². The van der Waals surface area contributed by atoms with Gasteiger partial charge in [-0.25, -0.2) is 13.1 Å². The molecule has 140 valence electrons. The molecule has 0 spiro atoms. The van der Waals surface area contributed by atoms with Crippen molar-refractivity contribution in [3.05, 3.63) is 12.7 Å². The summed E-state index contributed by atoms with van der Waals surface area (Å²) in [4.78, 5) is 6.16. The average molecular weight is 361 g/mol. The first-order valence-electron chi connectivity index (χ1n) is 8.60. The number of allylic oxidation sites excluding steroid dienone is 1. The minimum atomic E-state index is -3.31. The zero-order valence-electron chi connectivity index (χ0n) is 15.0. The zero-order valence-corrected chi connectivity index (χ0v) is 15.8. The maximum Gasteiger partial charge on any atom is 0.213 e. The Morgan fingerprint density at radius 2 is 2.25 bits per heavy atom. The molecular weight excluding hydrogens is 328 g/mol. The van der Waals surface area contributed by atoms with Crippen LogP contribution in [0.25, 0.3) is 0 Å². The lowest BCUT2D eigenvalue weighted by atomic mass is 10.1. The molecule has 0 bridgehead atoms. The van der Waals surface area contributed by atoms with Gasteiger partial charge >= 0.3 is 0 Å². The SMILES string of the molecule is C=CCCCN(C)C(=NC)NCCS(=O)(=O)NCC1CCCCO1. The molecule has 1 saturated heterocycles. The van der Waals surface area contributed by atoms with Gasteiger partial charge in [0, 0.05) is 40.3 Å². The highest BCUT2D eigenvalue weighted by Gasteiger charge is 2.17. The van der Waals surface area contributed by atoms with Crippen LogP contribution >= 0.6 is 0 Å². The smallest absolute Gasteiger partial charge is 0.213 e. The van der Waals surface area contributed by atoms with Gasteiger partial charge in [-0.05, 0) is 32.1 Å². The molecule has 0 saturated carbocycles. The number of guanidine groups is 1. The van der Waals surface area contributed by atoms with Crippen molar-refractivity contribution < 1.29 is 13.2 Å². The van der Waals surface area contributed by atoms with Crippen molar-refractivity contribution in [2.45, 2.75) is 38.2 Å². The molecule has 0 aliphatic carbocycles. The molecule has 0 amide bonds. The van der Waals surface area contributed by atoms with Gasteiger partial charge in [0.1, 0.15) is 0 Å². The van der Waals surface area contributed by atoms with Crippen molar-refractivity contribution in [2.24, 2.45) is 4.99 Å². The molecule has 1 rings (SSSR count). The maximum atomic E-state index is 12.1. The lowest BCUT2D eigenvalue weighted by molar-refractivity contribution is 0.0200. The Morgan fingerprint density at radius 3 is 2.88 bits per heavy atom. The molecule has 0 aromatic carbocycles. The van der Waals surface area contributed by atoms with E-state index in [4.69, 9.17) is 4.74 Å². The Labute approximate surface area is 146 Å². The van der Waals surface area contributed by atoms with Crippen LogP contribution in [0.1, 0.15) is 32.1 Å². The van der Waals surface area contributed by atoms with Crippen LogP contribution in [-0.4, -0.2) is 71.5 Å². The second-order valence-electron chi connectivity index (χ2n) is 5.98. The lowest BCUT2D eigenvalue weighted by Crippen LogP contribution is -2.43. The molecule has 8 heteroatoms. The van der Waals surface area contributed by atoms with E-state index in [-0.39, 0.29) is 11.9 Å². The number of unbranched alkanes of at least 4 members (excludes halogenated alkanes) is 1. The topological polar surface area (TPSA) is 83.0 Å². The fourth-order valence-electron chi connectivity index (χ4n) is 2.52. The number of nitrogens with zero attached hydrogens (tertiary/aromatic N) is 2. The van der Waals surface area contributed by atoms with Crippen LogP contribution in [0.2, 0.25) is 0 Å². The van der Waals surface area contributed by atoms with Gasteiger partial charge in [0.15, 0.2) is 5.96 Å². The molecular formula is C16H32N4O3S. The zero-order chi connectivity index (χ0) is 17.8. The van der Waals surface area contributed by atoms with E-state index in [0.717, 1.165) is 45.3 Å². The largest absolute Gasteiger partial charge is 0.377 e. The lowest BCUT2D eigenvalue weighted by Gasteiger charge is -2.23. The molecule has 0 aromatic heterocycles. The number of hydrogen-bond acceptors (Lipinski definition) is 4. The third kappa shape index (κ3) is 8.65. The van der Waals surface area contributed by atoms with Gasteiger partial charge in [0.05, 0.1) is 11.9 Å². The molecule has 0 radical (unpaired) electrons. The number of ether oxygens (including phenoxy) is 1. The van der Waals surface area contributed by atoms with Crippen LogP contribution in [0.5, 0.6) is 0 Å². The van der Waals surface area contributed by atoms with Gasteiger partial charge in [-0.15, -0.1) is 6.58 Å². The molecule has 1 heterocycles. The summed E-state index contributed by atoms with van der Waals surface area (Å²) in [6.45, 7) is 5.95. The van der Waals surface area contributed by atoms with Crippen LogP contribution in [-0.2, 0) is 14.8 Å². The molecule has 1 fully saturated rings. The molecule has 1 aliphatic heterocycles. The van der Waals surface area contributed by atoms with E-state index in [1.165, 1.54) is 0 Å². The molecule has 1 unspecified atom stereocenters. The molecule has 0 aromatic rings. The fourth-order valence-corrected chi connectivity index (χ4v) is 3.48. The standard InChI is InChI=1S/C16H32N4O3S/c1-4-5-7-11-20(3)16(17-2)18-10-13-24(21,22)19-14-15-9-6-8-12-23-15/h4,15,19H,1,5-14H2,2-3H3,(H,17,18). The highest BCUT2D eigenvalue weighted by molar-refractivity contribution is 7.89. The van der Waals surface area contributed by atoms with E-state index in [0.29, 0.717) is 19.0 Å². The third-order valence-electron chi connectivity index (χ3n) is 3.93. The monoisotopic (exact) mass is 360 g/mol. The van der Waals surface area contributed by atoms with Gasteiger partial charge < -0.3 is 15.0 Å². The molecule has 7 nitrogen and oxygen atoms in total. The predicted molar refractivity (Wildman–Crippen MR) is 98.8 cm³/mol. The first-order chi connectivity index (χ1) is 11.5. The Balaban J connectivity index is 2.28. The first-order valence-corrected chi connectivity index (χ1v) is 10.3. The highest BCUT2D eigenvalue weighted by Crippen LogP contribution is 2.11. The van der Waals surface area contributed by atoms with Crippen LogP contribution in [0.4, 0.5) is 0 Å². The number of sulfonamides is 1. The Bertz CT molecular complexity index is 488. The number of hydrogen-bond donors (Lipinski definition) is 2. The Kier molecular flexibility index (Phi) is 9.97. The summed E-state index contributed by atoms with van der Waals surface area (Å²) in [6, 6.07) is 0. The number of nitrogens with one attached hydrogen (secondary N) is 2. The Morgan fingerprint density at radius 1 is 1.46 bits per heavy atom. The summed E-state index contributed by atoms with van der Waals surface area (Å²) in [5, 5.41) is 3.09. The quantitative estimate of drug-likeness (QED) is 0.262. The van der Waals surface area contributed by atoms with Crippen LogP contribution < -0.4 is 10.0 Å². The highest BCUT2D eigenvalue weighted by atomic mass is 32.2. The van der Waals surface area contributed by atoms with Crippen molar-refractivity contribution in [3.63, 3.8) is 0 Å². The average Bonchev–Trinajstić information content (AvgIpc) is 2.58. The van der Waals surface area contributed by atoms with Crippen molar-refractivity contribution in [2.75, 3.05) is 46.1 Å². The van der Waals surface area contributed by atoms with Gasteiger partial charge in [-0.2, -0.15) is 0 Å². The van der Waals surface area contributed by atoms with E-state index >= 15 is 0 Å². The summed E-state index contributed by atoms with van der Waals surface area (Å²) in [5.41, 5.74) is 0. The number of aliphatic imine (C=N–C) groups is 1. The van der Waals surface area contributed by atoms with Gasteiger partial charge in [-0.3, -0.25) is 4.99 Å². The second-order valence-corrected chi connectivity index (χ2v) is 7.91. The summed E-state index contributed by atoms with van der Waals surface area (Å²) >= 11 is 0. The van der Waals surface area contributed by atoms with E-state index in [1.54, 1.807) is 7.05 Å². The predicted octanol–water partition coefficient (Wildman–Crippen LogP) is 0.948. The third-order valence-corrected chi connectivity index (χ3v) is 5.28. The normalized spacial score (nSPS) is 19.1. The van der Waals surface area contributed by atoms with E-state index < -0.39 is 10.0 Å². The van der Waals surface area contributed by atoms with Gasteiger partial charge in [-0.1, -0.05) is 6.08 Å². The van der Waals surface area contributed by atoms with Gasteiger partial charge in [0.25, 0.3) is 0 Å².